The van der Waals surface area contributed by atoms with E-state index in [9.17, 15) is 4.79 Å². The highest BCUT2D eigenvalue weighted by Gasteiger charge is 2.25. The average Bonchev–Trinajstić information content (AvgIpc) is 3.20. The fourth-order valence-corrected chi connectivity index (χ4v) is 3.76. The highest BCUT2D eigenvalue weighted by molar-refractivity contribution is 14.0. The number of rotatable bonds is 6. The Morgan fingerprint density at radius 2 is 2.00 bits per heavy atom. The van der Waals surface area contributed by atoms with E-state index in [2.05, 4.69) is 44.8 Å². The number of hydrogen-bond donors (Lipinski definition) is 2. The molecule has 2 fully saturated rings. The first-order valence-corrected chi connectivity index (χ1v) is 10.3. The van der Waals surface area contributed by atoms with E-state index in [-0.39, 0.29) is 35.9 Å². The van der Waals surface area contributed by atoms with Crippen LogP contribution in [0.2, 0.25) is 0 Å². The lowest BCUT2D eigenvalue weighted by atomic mass is 10.1. The number of carbonyl (C=O) groups is 1. The van der Waals surface area contributed by atoms with Gasteiger partial charge in [-0.3, -0.25) is 14.7 Å². The van der Waals surface area contributed by atoms with E-state index in [0.29, 0.717) is 6.42 Å². The normalized spacial score (nSPS) is 20.3. The number of aliphatic imine (C=N–C) groups is 1. The SMILES string of the molecule is CCC(=O)N1CCC(NC(=NC)NCc2cccc(CN3CCOCC3)c2)C1.I. The Labute approximate surface area is 191 Å². The van der Waals surface area contributed by atoms with Crippen LogP contribution in [-0.2, 0) is 22.6 Å². The number of nitrogens with zero attached hydrogens (tertiary/aromatic N) is 3. The van der Waals surface area contributed by atoms with Crippen LogP contribution in [0, 0.1) is 0 Å². The lowest BCUT2D eigenvalue weighted by Crippen LogP contribution is -2.44. The van der Waals surface area contributed by atoms with E-state index < -0.39 is 0 Å². The van der Waals surface area contributed by atoms with Crippen molar-refractivity contribution in [1.82, 2.24) is 20.4 Å². The predicted octanol–water partition coefficient (Wildman–Crippen LogP) is 1.81. The molecule has 1 aromatic carbocycles. The van der Waals surface area contributed by atoms with Crippen LogP contribution in [0.4, 0.5) is 0 Å². The molecular formula is C21H34IN5O2. The largest absolute Gasteiger partial charge is 0.379 e. The van der Waals surface area contributed by atoms with Gasteiger partial charge in [-0.15, -0.1) is 24.0 Å². The number of halogens is 1. The van der Waals surface area contributed by atoms with Crippen LogP contribution in [0.1, 0.15) is 30.9 Å². The second-order valence-corrected chi connectivity index (χ2v) is 7.46. The highest BCUT2D eigenvalue weighted by atomic mass is 127. The summed E-state index contributed by atoms with van der Waals surface area (Å²) in [6.45, 7) is 8.83. The molecule has 0 bridgehead atoms. The van der Waals surface area contributed by atoms with Crippen molar-refractivity contribution in [2.24, 2.45) is 4.99 Å². The summed E-state index contributed by atoms with van der Waals surface area (Å²) in [5, 5.41) is 6.85. The maximum absolute atomic E-state index is 11.8. The molecular weight excluding hydrogens is 481 g/mol. The van der Waals surface area contributed by atoms with Crippen LogP contribution in [0.15, 0.2) is 29.3 Å². The summed E-state index contributed by atoms with van der Waals surface area (Å²) in [5.41, 5.74) is 2.57. The van der Waals surface area contributed by atoms with Crippen LogP contribution >= 0.6 is 24.0 Å². The van der Waals surface area contributed by atoms with Crippen LogP contribution in [-0.4, -0.2) is 74.1 Å². The molecule has 2 saturated heterocycles. The number of benzene rings is 1. The maximum atomic E-state index is 11.8. The fourth-order valence-electron chi connectivity index (χ4n) is 3.76. The monoisotopic (exact) mass is 515 g/mol. The van der Waals surface area contributed by atoms with Crippen LogP contribution < -0.4 is 10.6 Å². The van der Waals surface area contributed by atoms with Crippen molar-refractivity contribution in [3.8, 4) is 0 Å². The van der Waals surface area contributed by atoms with Crippen LogP contribution in [0.5, 0.6) is 0 Å². The molecule has 0 saturated carbocycles. The zero-order valence-electron chi connectivity index (χ0n) is 17.5. The zero-order chi connectivity index (χ0) is 19.8. The molecule has 1 amide bonds. The van der Waals surface area contributed by atoms with Gasteiger partial charge in [0.1, 0.15) is 0 Å². The molecule has 2 heterocycles. The Morgan fingerprint density at radius 3 is 2.72 bits per heavy atom. The van der Waals surface area contributed by atoms with E-state index >= 15 is 0 Å². The number of amides is 1. The van der Waals surface area contributed by atoms with Crippen molar-refractivity contribution < 1.29 is 9.53 Å². The lowest BCUT2D eigenvalue weighted by Gasteiger charge is -2.26. The lowest BCUT2D eigenvalue weighted by molar-refractivity contribution is -0.129. The van der Waals surface area contributed by atoms with Gasteiger partial charge in [-0.05, 0) is 17.5 Å². The molecule has 2 aliphatic rings. The Balaban J connectivity index is 0.00000300. The molecule has 3 rings (SSSR count). The summed E-state index contributed by atoms with van der Waals surface area (Å²) in [6.07, 6.45) is 1.53. The average molecular weight is 515 g/mol. The zero-order valence-corrected chi connectivity index (χ0v) is 19.9. The molecule has 1 aromatic rings. The van der Waals surface area contributed by atoms with Crippen LogP contribution in [0.25, 0.3) is 0 Å². The quantitative estimate of drug-likeness (QED) is 0.344. The number of ether oxygens (including phenoxy) is 1. The third-order valence-electron chi connectivity index (χ3n) is 5.37. The second-order valence-electron chi connectivity index (χ2n) is 7.46. The van der Waals surface area contributed by atoms with E-state index in [1.165, 1.54) is 11.1 Å². The van der Waals surface area contributed by atoms with Gasteiger partial charge in [0.25, 0.3) is 0 Å². The van der Waals surface area contributed by atoms with Crippen molar-refractivity contribution in [2.75, 3.05) is 46.4 Å². The molecule has 8 heteroatoms. The number of likely N-dealkylation sites (tertiary alicyclic amines) is 1. The smallest absolute Gasteiger partial charge is 0.222 e. The fraction of sp³-hybridized carbons (Fsp3) is 0.619. The third-order valence-corrected chi connectivity index (χ3v) is 5.37. The number of morpholine rings is 1. The first-order valence-electron chi connectivity index (χ1n) is 10.3. The molecule has 0 spiro atoms. The van der Waals surface area contributed by atoms with Crippen molar-refractivity contribution in [2.45, 2.75) is 38.9 Å². The summed E-state index contributed by atoms with van der Waals surface area (Å²) in [7, 11) is 1.79. The Kier molecular flexibility index (Phi) is 10.2. The Bertz CT molecular complexity index is 679. The minimum atomic E-state index is 0. The molecule has 0 aliphatic carbocycles. The summed E-state index contributed by atoms with van der Waals surface area (Å²) in [5.74, 6) is 1.01. The number of nitrogens with one attached hydrogen (secondary N) is 2. The highest BCUT2D eigenvalue weighted by Crippen LogP contribution is 2.11. The number of guanidine groups is 1. The standard InChI is InChI=1S/C21H33N5O2.HI/c1-3-20(27)26-8-7-19(16-26)24-21(22-2)23-14-17-5-4-6-18(13-17)15-25-9-11-28-12-10-25;/h4-6,13,19H,3,7-12,14-16H2,1-2H3,(H2,22,23,24);1H. The van der Waals surface area contributed by atoms with Gasteiger partial charge < -0.3 is 20.3 Å². The molecule has 162 valence electrons. The van der Waals surface area contributed by atoms with E-state index in [1.807, 2.05) is 11.8 Å². The van der Waals surface area contributed by atoms with Gasteiger partial charge in [-0.2, -0.15) is 0 Å². The predicted molar refractivity (Wildman–Crippen MR) is 127 cm³/mol. The third kappa shape index (κ3) is 7.42. The van der Waals surface area contributed by atoms with Gasteiger partial charge in [0.15, 0.2) is 5.96 Å². The molecule has 1 atom stereocenters. The summed E-state index contributed by atoms with van der Waals surface area (Å²) >= 11 is 0. The Morgan fingerprint density at radius 1 is 1.24 bits per heavy atom. The van der Waals surface area contributed by atoms with Gasteiger partial charge in [-0.25, -0.2) is 0 Å². The van der Waals surface area contributed by atoms with Gasteiger partial charge in [0.2, 0.25) is 5.91 Å². The van der Waals surface area contributed by atoms with Crippen molar-refractivity contribution >= 4 is 35.8 Å². The van der Waals surface area contributed by atoms with Crippen LogP contribution in [0.3, 0.4) is 0 Å². The maximum Gasteiger partial charge on any atom is 0.222 e. The second kappa shape index (κ2) is 12.3. The number of carbonyl (C=O) groups excluding carboxylic acids is 1. The van der Waals surface area contributed by atoms with E-state index in [0.717, 1.165) is 64.9 Å². The van der Waals surface area contributed by atoms with Crippen molar-refractivity contribution in [1.29, 1.82) is 0 Å². The number of hydrogen-bond acceptors (Lipinski definition) is 4. The van der Waals surface area contributed by atoms with Gasteiger partial charge in [-0.1, -0.05) is 31.2 Å². The van der Waals surface area contributed by atoms with Crippen molar-refractivity contribution in [3.05, 3.63) is 35.4 Å². The molecule has 2 N–H and O–H groups in total. The van der Waals surface area contributed by atoms with Gasteiger partial charge in [0, 0.05) is 58.8 Å². The first-order chi connectivity index (χ1) is 13.7. The summed E-state index contributed by atoms with van der Waals surface area (Å²) < 4.78 is 5.43. The van der Waals surface area contributed by atoms with Gasteiger partial charge in [0.05, 0.1) is 13.2 Å². The van der Waals surface area contributed by atoms with E-state index in [1.54, 1.807) is 7.05 Å². The molecule has 29 heavy (non-hydrogen) atoms. The van der Waals surface area contributed by atoms with Crippen molar-refractivity contribution in [3.63, 3.8) is 0 Å². The Hall–Kier alpha value is -1.39. The summed E-state index contributed by atoms with van der Waals surface area (Å²) in [4.78, 5) is 20.5. The molecule has 0 radical (unpaired) electrons. The molecule has 7 nitrogen and oxygen atoms in total. The first kappa shape index (κ1) is 23.9. The molecule has 1 unspecified atom stereocenters. The summed E-state index contributed by atoms with van der Waals surface area (Å²) in [6, 6.07) is 8.96. The topological polar surface area (TPSA) is 69.2 Å². The minimum absolute atomic E-state index is 0. The van der Waals surface area contributed by atoms with Gasteiger partial charge >= 0.3 is 0 Å². The molecule has 0 aromatic heterocycles. The minimum Gasteiger partial charge on any atom is -0.379 e. The van der Waals surface area contributed by atoms with E-state index in [4.69, 9.17) is 4.74 Å². The molecule has 2 aliphatic heterocycles.